The van der Waals surface area contributed by atoms with Crippen LogP contribution in [0.15, 0.2) is 36.4 Å². The molecule has 0 saturated carbocycles. The number of benzene rings is 2. The third-order valence-electron chi connectivity index (χ3n) is 2.56. The van der Waals surface area contributed by atoms with E-state index in [1.165, 1.54) is 12.1 Å². The molecule has 0 bridgehead atoms. The molecule has 0 fully saturated rings. The molecule has 76 valence electrons. The molecule has 0 N–H and O–H groups in total. The fraction of sp³-hybridized carbons (Fsp3) is 0.154. The van der Waals surface area contributed by atoms with Crippen LogP contribution in [0.25, 0.3) is 10.8 Å². The summed E-state index contributed by atoms with van der Waals surface area (Å²) < 4.78 is 12.9. The van der Waals surface area contributed by atoms with Gasteiger partial charge in [-0.15, -0.1) is 0 Å². The smallest absolute Gasteiger partial charge is 0.127 e. The van der Waals surface area contributed by atoms with Gasteiger partial charge in [0.05, 0.1) is 0 Å². The molecule has 2 aromatic rings. The van der Waals surface area contributed by atoms with Gasteiger partial charge in [-0.1, -0.05) is 31.2 Å². The molecule has 0 aromatic heterocycles. The van der Waals surface area contributed by atoms with Crippen LogP contribution in [0.4, 0.5) is 4.39 Å². The molecular formula is C13H11FO. The van der Waals surface area contributed by atoms with Crippen molar-refractivity contribution in [3.63, 3.8) is 0 Å². The minimum Gasteiger partial charge on any atom is -0.303 e. The van der Waals surface area contributed by atoms with Crippen molar-refractivity contribution in [1.82, 2.24) is 0 Å². The van der Waals surface area contributed by atoms with Gasteiger partial charge >= 0.3 is 0 Å². The third-order valence-corrected chi connectivity index (χ3v) is 2.56. The zero-order valence-corrected chi connectivity index (χ0v) is 8.41. The van der Waals surface area contributed by atoms with Crippen molar-refractivity contribution in [3.05, 3.63) is 47.8 Å². The SMILES string of the molecule is CC(C=O)c1ccc2cc(F)ccc2c1. The number of rotatable bonds is 2. The normalized spacial score (nSPS) is 12.7. The molecule has 1 atom stereocenters. The zero-order chi connectivity index (χ0) is 10.8. The molecule has 2 heteroatoms. The standard InChI is InChI=1S/C13H11FO/c1-9(8-15)10-2-3-12-7-13(14)5-4-11(12)6-10/h2-9H,1H3. The first kappa shape index (κ1) is 9.84. The van der Waals surface area contributed by atoms with Crippen LogP contribution >= 0.6 is 0 Å². The van der Waals surface area contributed by atoms with Crippen molar-refractivity contribution in [3.8, 4) is 0 Å². The van der Waals surface area contributed by atoms with Crippen LogP contribution in [0.3, 0.4) is 0 Å². The van der Waals surface area contributed by atoms with E-state index in [1.807, 2.05) is 25.1 Å². The van der Waals surface area contributed by atoms with Crippen molar-refractivity contribution in [2.24, 2.45) is 0 Å². The highest BCUT2D eigenvalue weighted by molar-refractivity contribution is 5.84. The van der Waals surface area contributed by atoms with Gasteiger partial charge in [-0.3, -0.25) is 0 Å². The van der Waals surface area contributed by atoms with E-state index in [1.54, 1.807) is 6.07 Å². The Labute approximate surface area is 87.5 Å². The van der Waals surface area contributed by atoms with E-state index in [2.05, 4.69) is 0 Å². The summed E-state index contributed by atoms with van der Waals surface area (Å²) in [5, 5.41) is 1.82. The van der Waals surface area contributed by atoms with E-state index >= 15 is 0 Å². The second kappa shape index (κ2) is 3.81. The maximum atomic E-state index is 12.9. The Bertz CT molecular complexity index is 505. The number of fused-ring (bicyclic) bond motifs is 1. The van der Waals surface area contributed by atoms with Crippen molar-refractivity contribution in [1.29, 1.82) is 0 Å². The van der Waals surface area contributed by atoms with Crippen molar-refractivity contribution in [2.75, 3.05) is 0 Å². The van der Waals surface area contributed by atoms with E-state index in [9.17, 15) is 9.18 Å². The Kier molecular flexibility index (Phi) is 2.50. The minimum absolute atomic E-state index is 0.112. The highest BCUT2D eigenvalue weighted by Gasteiger charge is 2.04. The summed E-state index contributed by atoms with van der Waals surface area (Å²) in [5.74, 6) is -0.349. The summed E-state index contributed by atoms with van der Waals surface area (Å²) in [7, 11) is 0. The number of hydrogen-bond acceptors (Lipinski definition) is 1. The Morgan fingerprint density at radius 1 is 1.13 bits per heavy atom. The predicted octanol–water partition coefficient (Wildman–Crippen LogP) is 3.28. The van der Waals surface area contributed by atoms with Gasteiger partial charge in [-0.2, -0.15) is 0 Å². The fourth-order valence-electron chi connectivity index (χ4n) is 1.60. The molecule has 0 heterocycles. The lowest BCUT2D eigenvalue weighted by Gasteiger charge is -2.05. The van der Waals surface area contributed by atoms with Gasteiger partial charge in [0, 0.05) is 5.92 Å². The molecule has 15 heavy (non-hydrogen) atoms. The highest BCUT2D eigenvalue weighted by atomic mass is 19.1. The topological polar surface area (TPSA) is 17.1 Å². The second-order valence-corrected chi connectivity index (χ2v) is 3.68. The zero-order valence-electron chi connectivity index (χ0n) is 8.41. The highest BCUT2D eigenvalue weighted by Crippen LogP contribution is 2.21. The summed E-state index contributed by atoms with van der Waals surface area (Å²) in [6.07, 6.45) is 0.907. The maximum absolute atomic E-state index is 12.9. The van der Waals surface area contributed by atoms with Crippen LogP contribution in [0.2, 0.25) is 0 Å². The molecule has 0 spiro atoms. The van der Waals surface area contributed by atoms with Crippen LogP contribution < -0.4 is 0 Å². The van der Waals surface area contributed by atoms with Gasteiger partial charge in [0.15, 0.2) is 0 Å². The average Bonchev–Trinajstić information content (AvgIpc) is 2.27. The Hall–Kier alpha value is -1.70. The lowest BCUT2D eigenvalue weighted by atomic mass is 9.99. The van der Waals surface area contributed by atoms with Crippen LogP contribution in [0.5, 0.6) is 0 Å². The molecule has 0 saturated heterocycles. The first-order valence-corrected chi connectivity index (χ1v) is 4.85. The number of halogens is 1. The first-order chi connectivity index (χ1) is 7.20. The van der Waals surface area contributed by atoms with E-state index in [4.69, 9.17) is 0 Å². The van der Waals surface area contributed by atoms with Gasteiger partial charge in [-0.25, -0.2) is 4.39 Å². The van der Waals surface area contributed by atoms with Crippen LogP contribution in [0.1, 0.15) is 18.4 Å². The van der Waals surface area contributed by atoms with Crippen molar-refractivity contribution in [2.45, 2.75) is 12.8 Å². The Morgan fingerprint density at radius 2 is 1.80 bits per heavy atom. The molecule has 1 nitrogen and oxygen atoms in total. The van der Waals surface area contributed by atoms with Gasteiger partial charge in [-0.05, 0) is 28.5 Å². The average molecular weight is 202 g/mol. The van der Waals surface area contributed by atoms with E-state index < -0.39 is 0 Å². The molecule has 2 aromatic carbocycles. The fourth-order valence-corrected chi connectivity index (χ4v) is 1.60. The third kappa shape index (κ3) is 1.89. The first-order valence-electron chi connectivity index (χ1n) is 4.85. The van der Waals surface area contributed by atoms with Crippen LogP contribution in [0, 0.1) is 5.82 Å². The summed E-state index contributed by atoms with van der Waals surface area (Å²) in [5.41, 5.74) is 0.962. The lowest BCUT2D eigenvalue weighted by Crippen LogP contribution is -1.93. The maximum Gasteiger partial charge on any atom is 0.127 e. The summed E-state index contributed by atoms with van der Waals surface area (Å²) in [6, 6.07) is 10.3. The van der Waals surface area contributed by atoms with Crippen molar-refractivity contribution >= 4 is 17.1 Å². The molecule has 0 aliphatic heterocycles. The number of carbonyl (C=O) groups excluding carboxylic acids is 1. The molecule has 0 amide bonds. The largest absolute Gasteiger partial charge is 0.303 e. The second-order valence-electron chi connectivity index (χ2n) is 3.68. The van der Waals surface area contributed by atoms with Crippen LogP contribution in [-0.4, -0.2) is 6.29 Å². The molecule has 2 rings (SSSR count). The lowest BCUT2D eigenvalue weighted by molar-refractivity contribution is -0.108. The molecule has 0 aliphatic rings. The number of hydrogen-bond donors (Lipinski definition) is 0. The Morgan fingerprint density at radius 3 is 2.53 bits per heavy atom. The monoisotopic (exact) mass is 202 g/mol. The molecule has 1 unspecified atom stereocenters. The summed E-state index contributed by atoms with van der Waals surface area (Å²) >= 11 is 0. The Balaban J connectivity index is 2.56. The number of aldehydes is 1. The quantitative estimate of drug-likeness (QED) is 0.683. The van der Waals surface area contributed by atoms with E-state index in [-0.39, 0.29) is 11.7 Å². The van der Waals surface area contributed by atoms with E-state index in [0.29, 0.717) is 0 Å². The van der Waals surface area contributed by atoms with Gasteiger partial charge in [0.2, 0.25) is 0 Å². The van der Waals surface area contributed by atoms with E-state index in [0.717, 1.165) is 22.6 Å². The molecule has 0 aliphatic carbocycles. The molecule has 0 radical (unpaired) electrons. The minimum atomic E-state index is -0.237. The van der Waals surface area contributed by atoms with Gasteiger partial charge in [0.25, 0.3) is 0 Å². The van der Waals surface area contributed by atoms with Crippen molar-refractivity contribution < 1.29 is 9.18 Å². The molecular weight excluding hydrogens is 191 g/mol. The summed E-state index contributed by atoms with van der Waals surface area (Å²) in [4.78, 5) is 10.6. The predicted molar refractivity (Wildman–Crippen MR) is 58.4 cm³/mol. The van der Waals surface area contributed by atoms with Gasteiger partial charge in [0.1, 0.15) is 12.1 Å². The number of carbonyl (C=O) groups is 1. The van der Waals surface area contributed by atoms with Crippen LogP contribution in [-0.2, 0) is 4.79 Å². The van der Waals surface area contributed by atoms with Gasteiger partial charge < -0.3 is 4.79 Å². The summed E-state index contributed by atoms with van der Waals surface area (Å²) in [6.45, 7) is 1.84.